The second kappa shape index (κ2) is 9.57. The first-order valence-corrected chi connectivity index (χ1v) is 9.75. The SMILES string of the molecule is O=C(O)CCSSCCNC(=O)CCc1ccc2c(c1)OCO2. The maximum absolute atomic E-state index is 11.8. The van der Waals surface area contributed by atoms with Crippen LogP contribution in [0.3, 0.4) is 0 Å². The molecule has 23 heavy (non-hydrogen) atoms. The number of benzene rings is 1. The van der Waals surface area contributed by atoms with Gasteiger partial charge in [-0.1, -0.05) is 27.7 Å². The number of hydrogen-bond donors (Lipinski definition) is 2. The first-order chi connectivity index (χ1) is 11.1. The highest BCUT2D eigenvalue weighted by Gasteiger charge is 2.13. The van der Waals surface area contributed by atoms with Gasteiger partial charge in [-0.05, 0) is 24.1 Å². The van der Waals surface area contributed by atoms with Crippen molar-refractivity contribution in [2.24, 2.45) is 0 Å². The van der Waals surface area contributed by atoms with Gasteiger partial charge in [0.05, 0.1) is 6.42 Å². The van der Waals surface area contributed by atoms with Crippen molar-refractivity contribution < 1.29 is 24.2 Å². The molecule has 0 aromatic heterocycles. The van der Waals surface area contributed by atoms with Crippen molar-refractivity contribution in [3.8, 4) is 11.5 Å². The maximum atomic E-state index is 11.8. The Balaban J connectivity index is 1.54. The lowest BCUT2D eigenvalue weighted by molar-refractivity contribution is -0.136. The van der Waals surface area contributed by atoms with Crippen molar-refractivity contribution in [2.75, 3.05) is 24.8 Å². The number of carboxylic acid groups (broad SMARTS) is 1. The van der Waals surface area contributed by atoms with E-state index >= 15 is 0 Å². The molecule has 1 aromatic rings. The number of carbonyl (C=O) groups is 2. The summed E-state index contributed by atoms with van der Waals surface area (Å²) in [6.45, 7) is 0.839. The Morgan fingerprint density at radius 2 is 1.91 bits per heavy atom. The van der Waals surface area contributed by atoms with Gasteiger partial charge in [0.2, 0.25) is 12.7 Å². The summed E-state index contributed by atoms with van der Waals surface area (Å²) in [5, 5.41) is 11.4. The van der Waals surface area contributed by atoms with Crippen molar-refractivity contribution >= 4 is 33.5 Å². The average Bonchev–Trinajstić information content (AvgIpc) is 2.99. The van der Waals surface area contributed by atoms with Gasteiger partial charge in [0.15, 0.2) is 11.5 Å². The van der Waals surface area contributed by atoms with Crippen LogP contribution in [0.4, 0.5) is 0 Å². The standard InChI is InChI=1S/C15H19NO5S2/c17-14(16-6-8-23-22-7-5-15(18)19)4-2-11-1-3-12-13(9-11)21-10-20-12/h1,3,9H,2,4-8,10H2,(H,16,17)(H,18,19). The average molecular weight is 357 g/mol. The summed E-state index contributed by atoms with van der Waals surface area (Å²) in [5.41, 5.74) is 1.04. The molecule has 8 heteroatoms. The summed E-state index contributed by atoms with van der Waals surface area (Å²) >= 11 is 0. The fourth-order valence-electron chi connectivity index (χ4n) is 1.92. The predicted octanol–water partition coefficient (Wildman–Crippen LogP) is 2.32. The van der Waals surface area contributed by atoms with E-state index < -0.39 is 5.97 Å². The van der Waals surface area contributed by atoms with Crippen LogP contribution in [0.25, 0.3) is 0 Å². The van der Waals surface area contributed by atoms with Gasteiger partial charge in [-0.2, -0.15) is 0 Å². The van der Waals surface area contributed by atoms with Crippen molar-refractivity contribution in [3.63, 3.8) is 0 Å². The summed E-state index contributed by atoms with van der Waals surface area (Å²) in [6, 6.07) is 5.71. The Bertz CT molecular complexity index is 553. The molecule has 1 aliphatic rings. The van der Waals surface area contributed by atoms with Gasteiger partial charge in [-0.25, -0.2) is 0 Å². The molecule has 1 amide bonds. The lowest BCUT2D eigenvalue weighted by atomic mass is 10.1. The Morgan fingerprint density at radius 1 is 1.13 bits per heavy atom. The molecule has 1 aromatic carbocycles. The highest BCUT2D eigenvalue weighted by Crippen LogP contribution is 2.32. The minimum Gasteiger partial charge on any atom is -0.481 e. The molecule has 2 rings (SSSR count). The van der Waals surface area contributed by atoms with E-state index in [0.29, 0.717) is 25.1 Å². The van der Waals surface area contributed by atoms with E-state index in [-0.39, 0.29) is 19.1 Å². The van der Waals surface area contributed by atoms with Gasteiger partial charge >= 0.3 is 5.97 Å². The lowest BCUT2D eigenvalue weighted by Gasteiger charge is -2.05. The highest BCUT2D eigenvalue weighted by atomic mass is 33.1. The molecule has 2 N–H and O–H groups in total. The van der Waals surface area contributed by atoms with E-state index in [1.807, 2.05) is 18.2 Å². The second-order valence-corrected chi connectivity index (χ2v) is 7.53. The van der Waals surface area contributed by atoms with E-state index in [4.69, 9.17) is 14.6 Å². The first kappa shape index (κ1) is 17.8. The molecular weight excluding hydrogens is 338 g/mol. The quantitative estimate of drug-likeness (QED) is 0.491. The first-order valence-electron chi connectivity index (χ1n) is 7.26. The molecule has 0 saturated heterocycles. The van der Waals surface area contributed by atoms with Crippen LogP contribution in [0.2, 0.25) is 0 Å². The van der Waals surface area contributed by atoms with Crippen LogP contribution in [0.1, 0.15) is 18.4 Å². The molecule has 0 saturated carbocycles. The van der Waals surface area contributed by atoms with Crippen molar-refractivity contribution in [1.82, 2.24) is 5.32 Å². The van der Waals surface area contributed by atoms with Gasteiger partial charge in [-0.3, -0.25) is 9.59 Å². The maximum Gasteiger partial charge on any atom is 0.304 e. The normalized spacial score (nSPS) is 12.2. The molecular formula is C15H19NO5S2. The van der Waals surface area contributed by atoms with Gasteiger partial charge in [0.1, 0.15) is 0 Å². The Hall–Kier alpha value is -1.54. The summed E-state index contributed by atoms with van der Waals surface area (Å²) in [4.78, 5) is 22.1. The molecule has 6 nitrogen and oxygen atoms in total. The summed E-state index contributed by atoms with van der Waals surface area (Å²) < 4.78 is 10.6. The van der Waals surface area contributed by atoms with Crippen molar-refractivity contribution in [2.45, 2.75) is 19.3 Å². The fraction of sp³-hybridized carbons (Fsp3) is 0.467. The largest absolute Gasteiger partial charge is 0.481 e. The molecule has 0 fully saturated rings. The second-order valence-electron chi connectivity index (χ2n) is 4.83. The number of carboxylic acids is 1. The van der Waals surface area contributed by atoms with E-state index in [1.54, 1.807) is 10.8 Å². The zero-order chi connectivity index (χ0) is 16.5. The van der Waals surface area contributed by atoms with Crippen LogP contribution in [0.15, 0.2) is 18.2 Å². The van der Waals surface area contributed by atoms with Gasteiger partial charge in [0.25, 0.3) is 0 Å². The predicted molar refractivity (Wildman–Crippen MR) is 91.1 cm³/mol. The van der Waals surface area contributed by atoms with Crippen molar-refractivity contribution in [3.05, 3.63) is 23.8 Å². The van der Waals surface area contributed by atoms with Crippen LogP contribution >= 0.6 is 21.6 Å². The highest BCUT2D eigenvalue weighted by molar-refractivity contribution is 8.76. The molecule has 0 radical (unpaired) electrons. The van der Waals surface area contributed by atoms with Crippen LogP contribution in [-0.2, 0) is 16.0 Å². The van der Waals surface area contributed by atoms with Gasteiger partial charge in [-0.15, -0.1) is 0 Å². The van der Waals surface area contributed by atoms with Crippen molar-refractivity contribution in [1.29, 1.82) is 0 Å². The number of ether oxygens (including phenoxy) is 2. The monoisotopic (exact) mass is 357 g/mol. The molecule has 0 bridgehead atoms. The van der Waals surface area contributed by atoms with Crippen LogP contribution in [0.5, 0.6) is 11.5 Å². The number of amides is 1. The van der Waals surface area contributed by atoms with Gasteiger partial charge in [0, 0.05) is 24.5 Å². The minimum absolute atomic E-state index is 0.0128. The zero-order valence-electron chi connectivity index (χ0n) is 12.6. The van der Waals surface area contributed by atoms with E-state index in [2.05, 4.69) is 5.32 Å². The number of carbonyl (C=O) groups excluding carboxylic acids is 1. The Kier molecular flexibility index (Phi) is 7.41. The number of fused-ring (bicyclic) bond motifs is 1. The summed E-state index contributed by atoms with van der Waals surface area (Å²) in [7, 11) is 3.09. The third-order valence-corrected chi connectivity index (χ3v) is 5.48. The minimum atomic E-state index is -0.782. The molecule has 0 atom stereocenters. The lowest BCUT2D eigenvalue weighted by Crippen LogP contribution is -2.25. The van der Waals surface area contributed by atoms with E-state index in [1.165, 1.54) is 10.8 Å². The summed E-state index contributed by atoms with van der Waals surface area (Å²) in [6.07, 6.45) is 1.25. The number of nitrogens with one attached hydrogen (secondary N) is 1. The molecule has 1 heterocycles. The third-order valence-electron chi connectivity index (χ3n) is 3.07. The molecule has 0 aliphatic carbocycles. The smallest absolute Gasteiger partial charge is 0.304 e. The molecule has 126 valence electrons. The molecule has 1 aliphatic heterocycles. The Labute approximate surface area is 142 Å². The van der Waals surface area contributed by atoms with E-state index in [9.17, 15) is 9.59 Å². The van der Waals surface area contributed by atoms with Crippen LogP contribution in [-0.4, -0.2) is 41.8 Å². The summed E-state index contributed by atoms with van der Waals surface area (Å²) in [5.74, 6) is 2.06. The number of rotatable bonds is 10. The topological polar surface area (TPSA) is 84.9 Å². The fourth-order valence-corrected chi connectivity index (χ4v) is 3.81. The molecule has 0 spiro atoms. The van der Waals surface area contributed by atoms with E-state index in [0.717, 1.165) is 22.8 Å². The number of aryl methyl sites for hydroxylation is 1. The third kappa shape index (κ3) is 6.62. The Morgan fingerprint density at radius 3 is 2.74 bits per heavy atom. The van der Waals surface area contributed by atoms with Gasteiger partial charge < -0.3 is 19.9 Å². The van der Waals surface area contributed by atoms with Crippen LogP contribution in [0, 0.1) is 0 Å². The molecule has 0 unspecified atom stereocenters. The van der Waals surface area contributed by atoms with Crippen LogP contribution < -0.4 is 14.8 Å². The zero-order valence-corrected chi connectivity index (χ0v) is 14.2. The number of aliphatic carboxylic acids is 1. The number of hydrogen-bond acceptors (Lipinski definition) is 6.